The summed E-state index contributed by atoms with van der Waals surface area (Å²) in [4.78, 5) is 0.443. The predicted octanol–water partition coefficient (Wildman–Crippen LogP) is 4.77. The third kappa shape index (κ3) is 1.93. The van der Waals surface area contributed by atoms with Gasteiger partial charge in [0.25, 0.3) is 0 Å². The average molecular weight is 287 g/mol. The molecule has 17 heavy (non-hydrogen) atoms. The SMILES string of the molecule is Cc1ccc(C(Br)C2Cc3ccccc32)cc1. The molecule has 2 atom stereocenters. The van der Waals surface area contributed by atoms with Crippen LogP contribution in [-0.4, -0.2) is 0 Å². The first-order chi connectivity index (χ1) is 8.25. The van der Waals surface area contributed by atoms with Crippen molar-refractivity contribution in [2.24, 2.45) is 0 Å². The first-order valence-corrected chi connectivity index (χ1v) is 6.96. The van der Waals surface area contributed by atoms with Gasteiger partial charge in [-0.05, 0) is 30.0 Å². The monoisotopic (exact) mass is 286 g/mol. The zero-order valence-corrected chi connectivity index (χ0v) is 11.4. The molecule has 2 unspecified atom stereocenters. The molecule has 1 aliphatic carbocycles. The van der Waals surface area contributed by atoms with Gasteiger partial charge in [-0.3, -0.25) is 0 Å². The molecule has 2 aromatic rings. The van der Waals surface area contributed by atoms with Crippen LogP contribution in [0.1, 0.15) is 33.0 Å². The maximum atomic E-state index is 3.86. The Labute approximate surface area is 111 Å². The van der Waals surface area contributed by atoms with Crippen molar-refractivity contribution >= 4 is 15.9 Å². The number of halogens is 1. The molecule has 0 fully saturated rings. The first-order valence-electron chi connectivity index (χ1n) is 6.04. The molecular formula is C16H15Br. The van der Waals surface area contributed by atoms with Crippen LogP contribution < -0.4 is 0 Å². The van der Waals surface area contributed by atoms with Gasteiger partial charge in [-0.2, -0.15) is 0 Å². The second-order valence-electron chi connectivity index (χ2n) is 4.82. The fourth-order valence-electron chi connectivity index (χ4n) is 2.54. The molecule has 0 N–H and O–H groups in total. The average Bonchev–Trinajstić information content (AvgIpc) is 2.31. The summed E-state index contributed by atoms with van der Waals surface area (Å²) >= 11 is 3.86. The van der Waals surface area contributed by atoms with E-state index in [1.54, 1.807) is 0 Å². The highest BCUT2D eigenvalue weighted by Gasteiger charge is 2.31. The van der Waals surface area contributed by atoms with Gasteiger partial charge in [0.2, 0.25) is 0 Å². The number of benzene rings is 2. The molecule has 2 aromatic carbocycles. The van der Waals surface area contributed by atoms with E-state index >= 15 is 0 Å². The maximum absolute atomic E-state index is 3.86. The molecule has 0 amide bonds. The molecule has 1 aliphatic rings. The van der Waals surface area contributed by atoms with Crippen LogP contribution in [0.5, 0.6) is 0 Å². The van der Waals surface area contributed by atoms with E-state index in [0.717, 1.165) is 0 Å². The number of hydrogen-bond donors (Lipinski definition) is 0. The minimum absolute atomic E-state index is 0.443. The van der Waals surface area contributed by atoms with Crippen LogP contribution in [0.4, 0.5) is 0 Å². The summed E-state index contributed by atoms with van der Waals surface area (Å²) in [7, 11) is 0. The zero-order valence-electron chi connectivity index (χ0n) is 9.86. The van der Waals surface area contributed by atoms with Gasteiger partial charge in [-0.25, -0.2) is 0 Å². The number of aryl methyl sites for hydroxylation is 1. The molecular weight excluding hydrogens is 272 g/mol. The van der Waals surface area contributed by atoms with Crippen molar-refractivity contribution in [3.8, 4) is 0 Å². The van der Waals surface area contributed by atoms with Crippen molar-refractivity contribution in [1.82, 2.24) is 0 Å². The van der Waals surface area contributed by atoms with E-state index in [0.29, 0.717) is 10.7 Å². The molecule has 0 radical (unpaired) electrons. The molecule has 0 saturated heterocycles. The topological polar surface area (TPSA) is 0 Å². The lowest BCUT2D eigenvalue weighted by molar-refractivity contribution is 0.600. The Morgan fingerprint density at radius 3 is 2.47 bits per heavy atom. The lowest BCUT2D eigenvalue weighted by atomic mass is 9.74. The van der Waals surface area contributed by atoms with Crippen LogP contribution in [0.2, 0.25) is 0 Å². The maximum Gasteiger partial charge on any atom is 0.0467 e. The molecule has 0 heterocycles. The summed E-state index contributed by atoms with van der Waals surface area (Å²) < 4.78 is 0. The summed E-state index contributed by atoms with van der Waals surface area (Å²) in [5.41, 5.74) is 5.72. The number of rotatable bonds is 2. The van der Waals surface area contributed by atoms with Gasteiger partial charge in [0.1, 0.15) is 0 Å². The fraction of sp³-hybridized carbons (Fsp3) is 0.250. The number of alkyl halides is 1. The molecule has 0 aromatic heterocycles. The highest BCUT2D eigenvalue weighted by molar-refractivity contribution is 9.09. The Kier molecular flexibility index (Phi) is 2.79. The summed E-state index contributed by atoms with van der Waals surface area (Å²) in [6.07, 6.45) is 1.19. The molecule has 86 valence electrons. The summed E-state index contributed by atoms with van der Waals surface area (Å²) in [5.74, 6) is 0.633. The minimum Gasteiger partial charge on any atom is -0.0832 e. The van der Waals surface area contributed by atoms with Crippen LogP contribution in [0.15, 0.2) is 48.5 Å². The molecule has 0 aliphatic heterocycles. The van der Waals surface area contributed by atoms with Crippen molar-refractivity contribution in [3.63, 3.8) is 0 Å². The quantitative estimate of drug-likeness (QED) is 0.698. The van der Waals surface area contributed by atoms with E-state index in [-0.39, 0.29) is 0 Å². The Morgan fingerprint density at radius 2 is 1.76 bits per heavy atom. The van der Waals surface area contributed by atoms with Crippen molar-refractivity contribution in [1.29, 1.82) is 0 Å². The summed E-state index contributed by atoms with van der Waals surface area (Å²) in [6, 6.07) is 17.6. The normalized spacial score (nSPS) is 19.3. The third-order valence-electron chi connectivity index (χ3n) is 3.64. The number of fused-ring (bicyclic) bond motifs is 1. The van der Waals surface area contributed by atoms with Crippen LogP contribution in [0.25, 0.3) is 0 Å². The molecule has 1 heteroatoms. The van der Waals surface area contributed by atoms with Gasteiger partial charge >= 0.3 is 0 Å². The lowest BCUT2D eigenvalue weighted by Crippen LogP contribution is -2.20. The minimum atomic E-state index is 0.443. The van der Waals surface area contributed by atoms with Crippen LogP contribution in [-0.2, 0) is 6.42 Å². The van der Waals surface area contributed by atoms with Crippen LogP contribution in [0.3, 0.4) is 0 Å². The second kappa shape index (κ2) is 4.30. The smallest absolute Gasteiger partial charge is 0.0467 e. The van der Waals surface area contributed by atoms with Gasteiger partial charge in [-0.1, -0.05) is 70.0 Å². The van der Waals surface area contributed by atoms with Crippen LogP contribution >= 0.6 is 15.9 Å². The van der Waals surface area contributed by atoms with Crippen molar-refractivity contribution in [2.45, 2.75) is 24.1 Å². The molecule has 0 spiro atoms. The standard InChI is InChI=1S/C16H15Br/c1-11-6-8-12(9-7-11)16(17)15-10-13-4-2-3-5-14(13)15/h2-9,15-16H,10H2,1H3. The predicted molar refractivity (Wildman–Crippen MR) is 75.7 cm³/mol. The van der Waals surface area contributed by atoms with Gasteiger partial charge in [-0.15, -0.1) is 0 Å². The summed E-state index contributed by atoms with van der Waals surface area (Å²) in [6.45, 7) is 2.13. The van der Waals surface area contributed by atoms with E-state index in [2.05, 4.69) is 71.4 Å². The second-order valence-corrected chi connectivity index (χ2v) is 5.81. The molecule has 0 saturated carbocycles. The van der Waals surface area contributed by atoms with Gasteiger partial charge in [0, 0.05) is 10.7 Å². The Hall–Kier alpha value is -1.08. The Bertz CT molecular complexity index is 527. The lowest BCUT2D eigenvalue weighted by Gasteiger charge is -2.34. The van der Waals surface area contributed by atoms with Crippen molar-refractivity contribution < 1.29 is 0 Å². The highest BCUT2D eigenvalue weighted by Crippen LogP contribution is 2.47. The van der Waals surface area contributed by atoms with E-state index in [9.17, 15) is 0 Å². The Morgan fingerprint density at radius 1 is 1.06 bits per heavy atom. The van der Waals surface area contributed by atoms with E-state index in [1.807, 2.05) is 0 Å². The van der Waals surface area contributed by atoms with Crippen LogP contribution in [0, 0.1) is 6.92 Å². The molecule has 0 bridgehead atoms. The van der Waals surface area contributed by atoms with Crippen molar-refractivity contribution in [3.05, 3.63) is 70.8 Å². The zero-order chi connectivity index (χ0) is 11.8. The Balaban J connectivity index is 1.86. The van der Waals surface area contributed by atoms with E-state index < -0.39 is 0 Å². The van der Waals surface area contributed by atoms with Gasteiger partial charge in [0.15, 0.2) is 0 Å². The number of hydrogen-bond acceptors (Lipinski definition) is 0. The molecule has 0 nitrogen and oxygen atoms in total. The van der Waals surface area contributed by atoms with Crippen molar-refractivity contribution in [2.75, 3.05) is 0 Å². The molecule has 3 rings (SSSR count). The first kappa shape index (κ1) is 11.0. The largest absolute Gasteiger partial charge is 0.0832 e. The fourth-order valence-corrected chi connectivity index (χ4v) is 3.32. The highest BCUT2D eigenvalue weighted by atomic mass is 79.9. The van der Waals surface area contributed by atoms with Gasteiger partial charge < -0.3 is 0 Å². The van der Waals surface area contributed by atoms with E-state index in [1.165, 1.54) is 28.7 Å². The summed E-state index contributed by atoms with van der Waals surface area (Å²) in [5, 5.41) is 0. The van der Waals surface area contributed by atoms with E-state index in [4.69, 9.17) is 0 Å². The third-order valence-corrected chi connectivity index (χ3v) is 4.81. The van der Waals surface area contributed by atoms with Gasteiger partial charge in [0.05, 0.1) is 0 Å².